The zero-order valence-electron chi connectivity index (χ0n) is 46.4. The van der Waals surface area contributed by atoms with Gasteiger partial charge in [0.05, 0.1) is 24.7 Å². The highest BCUT2D eigenvalue weighted by Crippen LogP contribution is 2.04. The third kappa shape index (κ3) is 60.0. The van der Waals surface area contributed by atoms with Crippen molar-refractivity contribution in [3.05, 3.63) is 0 Å². The molecule has 0 rings (SSSR count). The van der Waals surface area contributed by atoms with E-state index < -0.39 is 0 Å². The van der Waals surface area contributed by atoms with Crippen LogP contribution in [0.25, 0.3) is 0 Å². The van der Waals surface area contributed by atoms with Crippen LogP contribution in [0.3, 0.4) is 0 Å². The van der Waals surface area contributed by atoms with E-state index in [-0.39, 0.29) is 24.7 Å². The van der Waals surface area contributed by atoms with Gasteiger partial charge in [-0.25, -0.2) is 0 Å². The van der Waals surface area contributed by atoms with Crippen molar-refractivity contribution in [1.29, 1.82) is 0 Å². The van der Waals surface area contributed by atoms with E-state index in [1.54, 1.807) is 0 Å². The average Bonchev–Trinajstić information content (AvgIpc) is 3.37. The molecule has 27 N–H and O–H groups in total. The summed E-state index contributed by atoms with van der Waals surface area (Å²) in [4.78, 5) is 0. The Morgan fingerprint density at radius 2 is 0.366 bits per heavy atom. The lowest BCUT2D eigenvalue weighted by Gasteiger charge is -2.28. The Hall–Kier alpha value is -0.760. The van der Waals surface area contributed by atoms with E-state index in [4.69, 9.17) is 45.9 Å². The normalized spacial score (nSPS) is 13.0. The van der Waals surface area contributed by atoms with Crippen LogP contribution in [0.4, 0.5) is 0 Å². The Balaban J connectivity index is 0. The lowest BCUT2D eigenvalue weighted by molar-refractivity contribution is 0.302. The van der Waals surface area contributed by atoms with E-state index in [1.807, 2.05) is 0 Å². The van der Waals surface area contributed by atoms with Gasteiger partial charge in [-0.15, -0.1) is 0 Å². The molecule has 3 atom stereocenters. The van der Waals surface area contributed by atoms with Gasteiger partial charge in [-0.3, -0.25) is 0 Å². The molecule has 0 saturated carbocycles. The second-order valence-corrected chi connectivity index (χ2v) is 19.4. The molecule has 0 radical (unpaired) electrons. The summed E-state index contributed by atoms with van der Waals surface area (Å²) in [5.74, 6) is 0. The van der Waals surface area contributed by atoms with E-state index in [1.165, 1.54) is 57.8 Å². The van der Waals surface area contributed by atoms with Crippen molar-refractivity contribution in [2.45, 2.75) is 192 Å². The highest BCUT2D eigenvalue weighted by Gasteiger charge is 2.17. The Labute approximate surface area is 438 Å². The maximum Gasteiger partial charge on any atom is 0.0600 e. The summed E-state index contributed by atoms with van der Waals surface area (Å²) in [6.45, 7) is 20.1. The van der Waals surface area contributed by atoms with Crippen molar-refractivity contribution in [2.24, 2.45) is 45.9 Å². The first-order chi connectivity index (χ1) is 35.1. The van der Waals surface area contributed by atoms with Crippen LogP contribution in [0.2, 0.25) is 0 Å². The van der Waals surface area contributed by atoms with Crippen LogP contribution in [-0.4, -0.2) is 169 Å². The molecule has 0 aliphatic carbocycles. The van der Waals surface area contributed by atoms with Gasteiger partial charge in [0.15, 0.2) is 0 Å². The fraction of sp³-hybridized carbons (Fsp3) is 1.00. The van der Waals surface area contributed by atoms with Crippen LogP contribution in [0.1, 0.15) is 167 Å². The van der Waals surface area contributed by atoms with Crippen LogP contribution in [0.5, 0.6) is 0 Å². The molecule has 71 heavy (non-hydrogen) atoms. The van der Waals surface area contributed by atoms with Crippen LogP contribution in [0, 0.1) is 0 Å². The van der Waals surface area contributed by atoms with Gasteiger partial charge >= 0.3 is 0 Å². The van der Waals surface area contributed by atoms with Crippen molar-refractivity contribution in [1.82, 2.24) is 58.5 Å². The number of hydrogen-bond donors (Lipinski definition) is 19. The van der Waals surface area contributed by atoms with Gasteiger partial charge in [0.1, 0.15) is 0 Å². The van der Waals surface area contributed by atoms with Gasteiger partial charge in [-0.05, 0) is 207 Å². The molecule has 0 aromatic rings. The average molecular weight is 1020 g/mol. The molecule has 19 heteroatoms. The lowest BCUT2D eigenvalue weighted by Crippen LogP contribution is -2.53. The smallest absolute Gasteiger partial charge is 0.0600 e. The topological polar surface area (TPSA) is 340 Å². The van der Waals surface area contributed by atoms with Crippen LogP contribution < -0.4 is 104 Å². The van der Waals surface area contributed by atoms with E-state index in [0.29, 0.717) is 6.54 Å². The van der Waals surface area contributed by atoms with Gasteiger partial charge in [0, 0.05) is 52.1 Å². The second kappa shape index (κ2) is 65.4. The lowest BCUT2D eigenvalue weighted by atomic mass is 10.1. The summed E-state index contributed by atoms with van der Waals surface area (Å²) in [6.07, 6.45) is 30.9. The van der Waals surface area contributed by atoms with Gasteiger partial charge < -0.3 is 104 Å². The molecule has 0 saturated heterocycles. The molecular formula is C52H127N19. The Bertz CT molecular complexity index is 835. The summed E-state index contributed by atoms with van der Waals surface area (Å²) >= 11 is 0. The van der Waals surface area contributed by atoms with Crippen molar-refractivity contribution in [3.63, 3.8) is 0 Å². The molecule has 0 bridgehead atoms. The molecule has 0 amide bonds. The van der Waals surface area contributed by atoms with Crippen molar-refractivity contribution < 1.29 is 0 Å². The molecule has 430 valence electrons. The zero-order valence-corrected chi connectivity index (χ0v) is 46.4. The third-order valence-corrected chi connectivity index (χ3v) is 12.5. The molecule has 0 aliphatic heterocycles. The summed E-state index contributed by atoms with van der Waals surface area (Å²) in [7, 11) is 0. The standard InChI is InChI=1S/C40H97N15.C12H30N4/c41-19-7-1-12-25-48-37(49-26-13-2-8-20-42)35-38(50-27-14-3-9-21-43)52-30-17-6-18-31-53-39(51-28-15-4-10-22-44)36-40(54-29-16-5-11-23-45)55-34-33-47-32-24-46;13-7-3-1-4-9-15-10-5-2-6-11-16-12-8-14/h37-40,47-55H,1-36,41-46H2;15-16H,1-14H2. The minimum Gasteiger partial charge on any atom is -0.330 e. The summed E-state index contributed by atoms with van der Waals surface area (Å²) in [5.41, 5.74) is 45.2. The van der Waals surface area contributed by atoms with E-state index in [9.17, 15) is 0 Å². The quantitative estimate of drug-likeness (QED) is 0.0293. The van der Waals surface area contributed by atoms with Crippen molar-refractivity contribution in [2.75, 3.05) is 144 Å². The predicted octanol–water partition coefficient (Wildman–Crippen LogP) is 0.575. The highest BCUT2D eigenvalue weighted by molar-refractivity contribution is 4.77. The molecule has 0 heterocycles. The molecule has 0 aliphatic rings. The first-order valence-electron chi connectivity index (χ1n) is 29.7. The zero-order chi connectivity index (χ0) is 52.0. The number of unbranched alkanes of at least 4 members (excludes halogenated alkanes) is 16. The first-order valence-corrected chi connectivity index (χ1v) is 29.7. The van der Waals surface area contributed by atoms with Crippen molar-refractivity contribution in [3.8, 4) is 0 Å². The number of rotatable bonds is 61. The van der Waals surface area contributed by atoms with E-state index in [2.05, 4.69) is 58.5 Å². The molecular weight excluding hydrogens is 891 g/mol. The van der Waals surface area contributed by atoms with E-state index >= 15 is 0 Å². The van der Waals surface area contributed by atoms with Crippen LogP contribution in [-0.2, 0) is 0 Å². The maximum absolute atomic E-state index is 5.75. The SMILES string of the molecule is NCCCCCNC(CC(NCCCCCN)NCCCCCNC(CC(NCCCCCN)NCCNCCN)NCCCCCN)NCCCCCN.NCCCCCNCCCCCNCCN. The molecule has 19 nitrogen and oxygen atoms in total. The highest BCUT2D eigenvalue weighted by atomic mass is 15.2. The molecule has 0 fully saturated rings. The monoisotopic (exact) mass is 1020 g/mol. The summed E-state index contributed by atoms with van der Waals surface area (Å²) in [6, 6.07) is 0. The fourth-order valence-electron chi connectivity index (χ4n) is 8.18. The molecule has 0 aromatic carbocycles. The van der Waals surface area contributed by atoms with Gasteiger partial charge in [0.25, 0.3) is 0 Å². The first kappa shape index (κ1) is 72.3. The van der Waals surface area contributed by atoms with Gasteiger partial charge in [-0.1, -0.05) is 51.4 Å². The molecule has 0 aromatic heterocycles. The maximum atomic E-state index is 5.75. The second-order valence-electron chi connectivity index (χ2n) is 19.4. The van der Waals surface area contributed by atoms with Gasteiger partial charge in [-0.2, -0.15) is 0 Å². The fourth-order valence-corrected chi connectivity index (χ4v) is 8.18. The number of hydrogen-bond acceptors (Lipinski definition) is 19. The summed E-state index contributed by atoms with van der Waals surface area (Å²) in [5, 5.41) is 40.7. The predicted molar refractivity (Wildman–Crippen MR) is 310 cm³/mol. The largest absolute Gasteiger partial charge is 0.330 e. The van der Waals surface area contributed by atoms with Crippen molar-refractivity contribution >= 4 is 0 Å². The van der Waals surface area contributed by atoms with Crippen LogP contribution in [0.15, 0.2) is 0 Å². The summed E-state index contributed by atoms with van der Waals surface area (Å²) < 4.78 is 0. The number of nitrogens with two attached hydrogens (primary N) is 8. The minimum absolute atomic E-state index is 0.222. The Kier molecular flexibility index (Phi) is 66.6. The Morgan fingerprint density at radius 3 is 0.606 bits per heavy atom. The van der Waals surface area contributed by atoms with E-state index in [0.717, 1.165) is 247 Å². The van der Waals surface area contributed by atoms with Gasteiger partial charge in [0.2, 0.25) is 0 Å². The van der Waals surface area contributed by atoms with Crippen LogP contribution >= 0.6 is 0 Å². The molecule has 3 unspecified atom stereocenters. The Morgan fingerprint density at radius 1 is 0.169 bits per heavy atom. The third-order valence-electron chi connectivity index (χ3n) is 12.5. The number of nitrogens with one attached hydrogen (secondary N) is 11. The minimum atomic E-state index is 0.222. The molecule has 0 spiro atoms.